The lowest BCUT2D eigenvalue weighted by Gasteiger charge is -2.71. The Balaban J connectivity index is 1.54. The minimum atomic E-state index is -0.260. The maximum Gasteiger partial charge on any atom is 0.0693 e. The van der Waals surface area contributed by atoms with Gasteiger partial charge in [0.05, 0.1) is 23.4 Å². The van der Waals surface area contributed by atoms with Crippen molar-refractivity contribution in [1.29, 1.82) is 0 Å². The zero-order valence-corrected chi connectivity index (χ0v) is 22.8. The van der Waals surface area contributed by atoms with Crippen molar-refractivity contribution >= 4 is 0 Å². The highest BCUT2D eigenvalue weighted by molar-refractivity contribution is 5.21. The van der Waals surface area contributed by atoms with Crippen molar-refractivity contribution in [2.75, 3.05) is 0 Å². The lowest BCUT2D eigenvalue weighted by Crippen LogP contribution is -2.68. The topological polar surface area (TPSA) is 49.7 Å². The summed E-state index contributed by atoms with van der Waals surface area (Å²) in [4.78, 5) is 0. The van der Waals surface area contributed by atoms with Crippen LogP contribution in [-0.4, -0.2) is 33.6 Å². The number of ether oxygens (including phenoxy) is 1. The van der Waals surface area contributed by atoms with Crippen LogP contribution in [0.4, 0.5) is 0 Å². The molecule has 5 fully saturated rings. The molecule has 5 aliphatic rings. The second-order valence-electron chi connectivity index (χ2n) is 15.5. The molecule has 33 heavy (non-hydrogen) atoms. The number of rotatable bonds is 1. The van der Waals surface area contributed by atoms with E-state index in [1.165, 1.54) is 25.7 Å². The number of fused-ring (bicyclic) bond motifs is 5. The lowest BCUT2D eigenvalue weighted by atomic mass is 9.34. The van der Waals surface area contributed by atoms with Gasteiger partial charge in [0.25, 0.3) is 0 Å². The molecule has 0 aromatic carbocycles. The zero-order chi connectivity index (χ0) is 24.2. The van der Waals surface area contributed by atoms with Crippen LogP contribution < -0.4 is 0 Å². The summed E-state index contributed by atoms with van der Waals surface area (Å²) in [6.45, 7) is 19.1. The summed E-state index contributed by atoms with van der Waals surface area (Å²) in [5.74, 6) is 1.48. The molecule has 3 nitrogen and oxygen atoms in total. The Morgan fingerprint density at radius 1 is 0.727 bits per heavy atom. The molecule has 0 aromatic rings. The SMILES string of the molecule is CC1(C)CCCC(C)(C2CCC3(C)C2C(O)CC2C4(C)CCCC(C)(C)C4C(O)CC23C)O1. The second kappa shape index (κ2) is 7.22. The van der Waals surface area contributed by atoms with Crippen molar-refractivity contribution in [3.05, 3.63) is 0 Å². The van der Waals surface area contributed by atoms with Crippen molar-refractivity contribution in [1.82, 2.24) is 0 Å². The maximum absolute atomic E-state index is 11.9. The molecule has 1 heterocycles. The largest absolute Gasteiger partial charge is 0.393 e. The van der Waals surface area contributed by atoms with E-state index in [9.17, 15) is 10.2 Å². The monoisotopic (exact) mass is 460 g/mol. The molecule has 10 atom stereocenters. The quantitative estimate of drug-likeness (QED) is 0.455. The minimum Gasteiger partial charge on any atom is -0.393 e. The molecule has 190 valence electrons. The molecule has 0 radical (unpaired) electrons. The van der Waals surface area contributed by atoms with Crippen molar-refractivity contribution in [2.45, 2.75) is 143 Å². The van der Waals surface area contributed by atoms with Gasteiger partial charge in [-0.15, -0.1) is 0 Å². The van der Waals surface area contributed by atoms with E-state index in [0.29, 0.717) is 17.8 Å². The van der Waals surface area contributed by atoms with Crippen LogP contribution >= 0.6 is 0 Å². The van der Waals surface area contributed by atoms with E-state index >= 15 is 0 Å². The molecule has 10 unspecified atom stereocenters. The van der Waals surface area contributed by atoms with Gasteiger partial charge in [-0.2, -0.15) is 0 Å². The van der Waals surface area contributed by atoms with E-state index in [1.54, 1.807) is 0 Å². The van der Waals surface area contributed by atoms with Crippen LogP contribution in [0.15, 0.2) is 0 Å². The van der Waals surface area contributed by atoms with Crippen LogP contribution in [0.3, 0.4) is 0 Å². The summed E-state index contributed by atoms with van der Waals surface area (Å²) < 4.78 is 6.85. The van der Waals surface area contributed by atoms with Gasteiger partial charge in [0.15, 0.2) is 0 Å². The molecule has 2 N–H and O–H groups in total. The number of hydrogen-bond acceptors (Lipinski definition) is 3. The predicted octanol–water partition coefficient (Wildman–Crippen LogP) is 6.74. The fraction of sp³-hybridized carbons (Fsp3) is 1.00. The van der Waals surface area contributed by atoms with Crippen LogP contribution in [0.25, 0.3) is 0 Å². The van der Waals surface area contributed by atoms with Crippen molar-refractivity contribution in [3.8, 4) is 0 Å². The predicted molar refractivity (Wildman–Crippen MR) is 134 cm³/mol. The van der Waals surface area contributed by atoms with E-state index < -0.39 is 0 Å². The third-order valence-corrected chi connectivity index (χ3v) is 12.8. The third kappa shape index (κ3) is 3.23. The Hall–Kier alpha value is -0.120. The van der Waals surface area contributed by atoms with Gasteiger partial charge in [-0.3, -0.25) is 0 Å². The highest BCUT2D eigenvalue weighted by atomic mass is 16.5. The Kier molecular flexibility index (Phi) is 5.38. The van der Waals surface area contributed by atoms with Gasteiger partial charge in [-0.1, -0.05) is 41.0 Å². The maximum atomic E-state index is 11.9. The Labute approximate surface area is 203 Å². The summed E-state index contributed by atoms with van der Waals surface area (Å²) in [6.07, 6.45) is 10.7. The highest BCUT2D eigenvalue weighted by Gasteiger charge is 2.72. The van der Waals surface area contributed by atoms with E-state index in [4.69, 9.17) is 4.74 Å². The first kappa shape index (κ1) is 24.6. The van der Waals surface area contributed by atoms with Gasteiger partial charge >= 0.3 is 0 Å². The molecular formula is C30H52O3. The average molecular weight is 461 g/mol. The molecular weight excluding hydrogens is 408 g/mol. The van der Waals surface area contributed by atoms with Crippen LogP contribution in [0, 0.1) is 45.3 Å². The fourth-order valence-electron chi connectivity index (χ4n) is 11.6. The molecule has 1 aliphatic heterocycles. The summed E-state index contributed by atoms with van der Waals surface area (Å²) in [6, 6.07) is 0. The van der Waals surface area contributed by atoms with Gasteiger partial charge in [-0.05, 0) is 124 Å². The third-order valence-electron chi connectivity index (χ3n) is 12.8. The zero-order valence-electron chi connectivity index (χ0n) is 22.8. The van der Waals surface area contributed by atoms with Crippen LogP contribution in [0.5, 0.6) is 0 Å². The van der Waals surface area contributed by atoms with Crippen LogP contribution in [0.2, 0.25) is 0 Å². The Bertz CT molecular complexity index is 789. The first-order valence-corrected chi connectivity index (χ1v) is 14.2. The Morgan fingerprint density at radius 2 is 1.39 bits per heavy atom. The molecule has 5 rings (SSSR count). The molecule has 0 spiro atoms. The molecule has 4 saturated carbocycles. The van der Waals surface area contributed by atoms with Crippen molar-refractivity contribution < 1.29 is 14.9 Å². The van der Waals surface area contributed by atoms with E-state index in [0.717, 1.165) is 38.5 Å². The lowest BCUT2D eigenvalue weighted by molar-refractivity contribution is -0.269. The molecule has 0 bridgehead atoms. The summed E-state index contributed by atoms with van der Waals surface area (Å²) in [5.41, 5.74) is 0.154. The fourth-order valence-corrected chi connectivity index (χ4v) is 11.6. The molecule has 1 saturated heterocycles. The molecule has 0 amide bonds. The second-order valence-corrected chi connectivity index (χ2v) is 15.5. The molecule has 0 aromatic heterocycles. The van der Waals surface area contributed by atoms with Gasteiger partial charge in [0, 0.05) is 0 Å². The molecule has 3 heteroatoms. The average Bonchev–Trinajstić information content (AvgIpc) is 3.03. The minimum absolute atomic E-state index is 0.0461. The first-order chi connectivity index (χ1) is 15.1. The number of hydrogen-bond donors (Lipinski definition) is 2. The summed E-state index contributed by atoms with van der Waals surface area (Å²) in [7, 11) is 0. The number of aliphatic hydroxyl groups is 2. The summed E-state index contributed by atoms with van der Waals surface area (Å²) >= 11 is 0. The number of aliphatic hydroxyl groups excluding tert-OH is 2. The van der Waals surface area contributed by atoms with Gasteiger partial charge in [0.1, 0.15) is 0 Å². The van der Waals surface area contributed by atoms with Crippen molar-refractivity contribution in [3.63, 3.8) is 0 Å². The van der Waals surface area contributed by atoms with E-state index in [2.05, 4.69) is 55.4 Å². The van der Waals surface area contributed by atoms with E-state index in [-0.39, 0.29) is 51.0 Å². The van der Waals surface area contributed by atoms with Crippen molar-refractivity contribution in [2.24, 2.45) is 45.3 Å². The van der Waals surface area contributed by atoms with Crippen LogP contribution in [0.1, 0.15) is 120 Å². The normalized spacial score (nSPS) is 57.6. The smallest absolute Gasteiger partial charge is 0.0693 e. The van der Waals surface area contributed by atoms with Gasteiger partial charge in [-0.25, -0.2) is 0 Å². The first-order valence-electron chi connectivity index (χ1n) is 14.2. The molecule has 4 aliphatic carbocycles. The van der Waals surface area contributed by atoms with Gasteiger partial charge in [0.2, 0.25) is 0 Å². The summed E-state index contributed by atoms with van der Waals surface area (Å²) in [5, 5.41) is 23.7. The van der Waals surface area contributed by atoms with E-state index in [1.807, 2.05) is 0 Å². The van der Waals surface area contributed by atoms with Crippen LogP contribution in [-0.2, 0) is 4.74 Å². The highest BCUT2D eigenvalue weighted by Crippen LogP contribution is 2.76. The Morgan fingerprint density at radius 3 is 2.06 bits per heavy atom. The van der Waals surface area contributed by atoms with Gasteiger partial charge < -0.3 is 14.9 Å². The standard InChI is InChI=1S/C30H52O3/c1-25(2)12-9-14-27(5)22-17-20(31)23-19(30(8)15-10-13-26(3,4)33-30)11-16-28(23,6)29(22,7)18-21(32)24(25)27/h19-24,31-32H,9-18H2,1-8H3.